The second-order valence-electron chi connectivity index (χ2n) is 5.07. The number of rotatable bonds is 3. The van der Waals surface area contributed by atoms with Crippen LogP contribution in [0, 0.1) is 6.92 Å². The largest absolute Gasteiger partial charge is 0.368 e. The predicted octanol–water partition coefficient (Wildman–Crippen LogP) is 1.75. The molecule has 2 N–H and O–H groups in total. The number of anilines is 2. The lowest BCUT2D eigenvalue weighted by molar-refractivity contribution is 0.251. The van der Waals surface area contributed by atoms with E-state index >= 15 is 0 Å². The molecule has 0 unspecified atom stereocenters. The van der Waals surface area contributed by atoms with Crippen LogP contribution in [0.4, 0.5) is 11.8 Å². The Kier molecular flexibility index (Phi) is 3.84. The SMILES string of the molecule is Cc1cc(N2CCN(Cc3cccs3)CC2)nc(N)n1. The smallest absolute Gasteiger partial charge is 0.222 e. The van der Waals surface area contributed by atoms with E-state index in [1.54, 1.807) is 0 Å². The molecule has 0 atom stereocenters. The van der Waals surface area contributed by atoms with Crippen molar-refractivity contribution in [1.29, 1.82) is 0 Å². The molecular weight excluding hydrogens is 270 g/mol. The van der Waals surface area contributed by atoms with Gasteiger partial charge in [0.15, 0.2) is 0 Å². The molecule has 0 radical (unpaired) electrons. The quantitative estimate of drug-likeness (QED) is 0.933. The highest BCUT2D eigenvalue weighted by atomic mass is 32.1. The van der Waals surface area contributed by atoms with E-state index in [1.807, 2.05) is 24.3 Å². The first kappa shape index (κ1) is 13.3. The van der Waals surface area contributed by atoms with E-state index in [4.69, 9.17) is 5.73 Å². The fourth-order valence-electron chi connectivity index (χ4n) is 2.49. The molecule has 0 amide bonds. The average molecular weight is 289 g/mol. The van der Waals surface area contributed by atoms with Crippen LogP contribution in [0.1, 0.15) is 10.6 Å². The van der Waals surface area contributed by atoms with Crippen LogP contribution in [0.15, 0.2) is 23.6 Å². The molecule has 1 saturated heterocycles. The fourth-order valence-corrected chi connectivity index (χ4v) is 3.24. The molecular formula is C14H19N5S. The molecule has 3 heterocycles. The third-order valence-electron chi connectivity index (χ3n) is 3.51. The van der Waals surface area contributed by atoms with E-state index in [1.165, 1.54) is 4.88 Å². The van der Waals surface area contributed by atoms with Gasteiger partial charge in [0, 0.05) is 49.4 Å². The van der Waals surface area contributed by atoms with E-state index < -0.39 is 0 Å². The Hall–Kier alpha value is -1.66. The van der Waals surface area contributed by atoms with Crippen molar-refractivity contribution in [2.75, 3.05) is 36.8 Å². The summed E-state index contributed by atoms with van der Waals surface area (Å²) in [6, 6.07) is 6.32. The van der Waals surface area contributed by atoms with E-state index in [9.17, 15) is 0 Å². The number of aryl methyl sites for hydroxylation is 1. The summed E-state index contributed by atoms with van der Waals surface area (Å²) < 4.78 is 0. The summed E-state index contributed by atoms with van der Waals surface area (Å²) in [5, 5.41) is 2.14. The molecule has 20 heavy (non-hydrogen) atoms. The number of nitrogens with zero attached hydrogens (tertiary/aromatic N) is 4. The van der Waals surface area contributed by atoms with E-state index in [0.29, 0.717) is 5.95 Å². The zero-order valence-corrected chi connectivity index (χ0v) is 12.4. The minimum absolute atomic E-state index is 0.362. The molecule has 0 saturated carbocycles. The van der Waals surface area contributed by atoms with Crippen LogP contribution in [-0.2, 0) is 6.54 Å². The van der Waals surface area contributed by atoms with Crippen LogP contribution < -0.4 is 10.6 Å². The third kappa shape index (κ3) is 3.08. The maximum atomic E-state index is 5.73. The van der Waals surface area contributed by atoms with E-state index in [2.05, 4.69) is 37.3 Å². The number of nitrogen functional groups attached to an aromatic ring is 1. The number of hydrogen-bond donors (Lipinski definition) is 1. The van der Waals surface area contributed by atoms with E-state index in [-0.39, 0.29) is 0 Å². The molecule has 0 bridgehead atoms. The molecule has 1 aliphatic rings. The maximum absolute atomic E-state index is 5.73. The molecule has 2 aromatic heterocycles. The van der Waals surface area contributed by atoms with Crippen LogP contribution in [0.5, 0.6) is 0 Å². The van der Waals surface area contributed by atoms with Crippen molar-refractivity contribution < 1.29 is 0 Å². The number of hydrogen-bond acceptors (Lipinski definition) is 6. The van der Waals surface area contributed by atoms with Gasteiger partial charge in [-0.15, -0.1) is 11.3 Å². The first-order chi connectivity index (χ1) is 9.70. The van der Waals surface area contributed by atoms with Crippen LogP contribution in [0.25, 0.3) is 0 Å². The Labute approximate surface area is 123 Å². The Balaban J connectivity index is 1.60. The van der Waals surface area contributed by atoms with Gasteiger partial charge < -0.3 is 10.6 Å². The van der Waals surface area contributed by atoms with Crippen LogP contribution in [-0.4, -0.2) is 41.0 Å². The zero-order chi connectivity index (χ0) is 13.9. The summed E-state index contributed by atoms with van der Waals surface area (Å²) in [4.78, 5) is 14.7. The second kappa shape index (κ2) is 5.76. The number of thiophene rings is 1. The topological polar surface area (TPSA) is 58.3 Å². The maximum Gasteiger partial charge on any atom is 0.222 e. The van der Waals surface area contributed by atoms with Gasteiger partial charge in [0.25, 0.3) is 0 Å². The fraction of sp³-hybridized carbons (Fsp3) is 0.429. The van der Waals surface area contributed by atoms with Crippen molar-refractivity contribution in [2.45, 2.75) is 13.5 Å². The summed E-state index contributed by atoms with van der Waals surface area (Å²) in [6.07, 6.45) is 0. The molecule has 0 aliphatic carbocycles. The summed E-state index contributed by atoms with van der Waals surface area (Å²) >= 11 is 1.83. The lowest BCUT2D eigenvalue weighted by Gasteiger charge is -2.35. The Morgan fingerprint density at radius 1 is 1.25 bits per heavy atom. The Morgan fingerprint density at radius 3 is 2.70 bits per heavy atom. The minimum atomic E-state index is 0.362. The van der Waals surface area contributed by atoms with Gasteiger partial charge in [-0.2, -0.15) is 4.98 Å². The van der Waals surface area contributed by atoms with Gasteiger partial charge in [0.1, 0.15) is 5.82 Å². The third-order valence-corrected chi connectivity index (χ3v) is 4.37. The zero-order valence-electron chi connectivity index (χ0n) is 11.6. The average Bonchev–Trinajstić information content (AvgIpc) is 2.91. The normalized spacial score (nSPS) is 16.6. The van der Waals surface area contributed by atoms with Gasteiger partial charge >= 0.3 is 0 Å². The van der Waals surface area contributed by atoms with Crippen molar-refractivity contribution in [3.63, 3.8) is 0 Å². The lowest BCUT2D eigenvalue weighted by Crippen LogP contribution is -2.46. The lowest BCUT2D eigenvalue weighted by atomic mass is 10.3. The number of piperazine rings is 1. The second-order valence-corrected chi connectivity index (χ2v) is 6.10. The van der Waals surface area contributed by atoms with Gasteiger partial charge in [-0.05, 0) is 18.4 Å². The van der Waals surface area contributed by atoms with Gasteiger partial charge in [-0.3, -0.25) is 4.90 Å². The Morgan fingerprint density at radius 2 is 2.05 bits per heavy atom. The van der Waals surface area contributed by atoms with Crippen LogP contribution in [0.2, 0.25) is 0 Å². The standard InChI is InChI=1S/C14H19N5S/c1-11-9-13(17-14(15)16-11)19-6-4-18(5-7-19)10-12-3-2-8-20-12/h2-3,8-9H,4-7,10H2,1H3,(H2,15,16,17). The van der Waals surface area contributed by atoms with E-state index in [0.717, 1.165) is 44.2 Å². The molecule has 2 aromatic rings. The van der Waals surface area contributed by atoms with Crippen molar-refractivity contribution in [3.8, 4) is 0 Å². The van der Waals surface area contributed by atoms with Gasteiger partial charge in [0.05, 0.1) is 0 Å². The molecule has 6 heteroatoms. The molecule has 0 spiro atoms. The summed E-state index contributed by atoms with van der Waals surface area (Å²) in [5.74, 6) is 1.31. The molecule has 3 rings (SSSR count). The first-order valence-corrected chi connectivity index (χ1v) is 7.69. The highest BCUT2D eigenvalue weighted by molar-refractivity contribution is 7.09. The van der Waals surface area contributed by atoms with Crippen molar-refractivity contribution in [1.82, 2.24) is 14.9 Å². The first-order valence-electron chi connectivity index (χ1n) is 6.81. The van der Waals surface area contributed by atoms with Gasteiger partial charge in [-0.25, -0.2) is 4.98 Å². The summed E-state index contributed by atoms with van der Waals surface area (Å²) in [7, 11) is 0. The summed E-state index contributed by atoms with van der Waals surface area (Å²) in [6.45, 7) is 7.09. The predicted molar refractivity (Wildman–Crippen MR) is 83.0 cm³/mol. The highest BCUT2D eigenvalue weighted by Gasteiger charge is 2.18. The van der Waals surface area contributed by atoms with Crippen LogP contribution in [0.3, 0.4) is 0 Å². The van der Waals surface area contributed by atoms with Gasteiger partial charge in [0.2, 0.25) is 5.95 Å². The summed E-state index contributed by atoms with van der Waals surface area (Å²) in [5.41, 5.74) is 6.65. The molecule has 5 nitrogen and oxygen atoms in total. The molecule has 0 aromatic carbocycles. The van der Waals surface area contributed by atoms with Crippen molar-refractivity contribution in [2.24, 2.45) is 0 Å². The molecule has 1 fully saturated rings. The molecule has 1 aliphatic heterocycles. The Bertz CT molecular complexity index is 541. The van der Waals surface area contributed by atoms with Gasteiger partial charge in [-0.1, -0.05) is 6.07 Å². The van der Waals surface area contributed by atoms with Crippen LogP contribution >= 0.6 is 11.3 Å². The molecule has 106 valence electrons. The monoisotopic (exact) mass is 289 g/mol. The number of aromatic nitrogens is 2. The highest BCUT2D eigenvalue weighted by Crippen LogP contribution is 2.18. The number of nitrogens with two attached hydrogens (primary N) is 1. The van der Waals surface area contributed by atoms with Crippen molar-refractivity contribution in [3.05, 3.63) is 34.2 Å². The minimum Gasteiger partial charge on any atom is -0.368 e. The van der Waals surface area contributed by atoms with Crippen molar-refractivity contribution >= 4 is 23.1 Å².